The van der Waals surface area contributed by atoms with Gasteiger partial charge >= 0.3 is 0 Å². The third-order valence-corrected chi connectivity index (χ3v) is 3.68. The van der Waals surface area contributed by atoms with E-state index >= 15 is 0 Å². The highest BCUT2D eigenvalue weighted by Crippen LogP contribution is 2.29. The van der Waals surface area contributed by atoms with Gasteiger partial charge in [-0.25, -0.2) is 0 Å². The van der Waals surface area contributed by atoms with Crippen molar-refractivity contribution in [3.8, 4) is 0 Å². The molecule has 5 heteroatoms. The van der Waals surface area contributed by atoms with Gasteiger partial charge in [0.1, 0.15) is 0 Å². The van der Waals surface area contributed by atoms with Crippen LogP contribution in [0.2, 0.25) is 0 Å². The molecule has 2 fully saturated rings. The first-order valence-corrected chi connectivity index (χ1v) is 5.68. The Kier molecular flexibility index (Phi) is 2.88. The van der Waals surface area contributed by atoms with Crippen molar-refractivity contribution < 1.29 is 14.7 Å². The normalized spacial score (nSPS) is 33.8. The Morgan fingerprint density at radius 1 is 0.938 bits per heavy atom. The molecule has 0 aliphatic carbocycles. The molecular weight excluding hydrogens is 208 g/mol. The van der Waals surface area contributed by atoms with Crippen molar-refractivity contribution in [2.45, 2.75) is 20.0 Å². The van der Waals surface area contributed by atoms with Gasteiger partial charge in [-0.05, 0) is 0 Å². The summed E-state index contributed by atoms with van der Waals surface area (Å²) in [7, 11) is 0. The Morgan fingerprint density at radius 2 is 1.25 bits per heavy atom. The van der Waals surface area contributed by atoms with Gasteiger partial charge in [-0.1, -0.05) is 0 Å². The quantitative estimate of drug-likeness (QED) is 0.594. The lowest BCUT2D eigenvalue weighted by Gasteiger charge is -2.48. The lowest BCUT2D eigenvalue weighted by atomic mass is 9.81. The topological polar surface area (TPSA) is 60.9 Å². The fourth-order valence-electron chi connectivity index (χ4n) is 2.73. The number of hydrogen-bond donors (Lipinski definition) is 1. The number of hydrogen-bond acceptors (Lipinski definition) is 3. The summed E-state index contributed by atoms with van der Waals surface area (Å²) >= 11 is 0. The molecule has 5 nitrogen and oxygen atoms in total. The molecule has 0 aromatic carbocycles. The minimum atomic E-state index is -0.369. The average molecular weight is 226 g/mol. The molecule has 2 bridgehead atoms. The van der Waals surface area contributed by atoms with Crippen LogP contribution in [0.15, 0.2) is 0 Å². The van der Waals surface area contributed by atoms with Gasteiger partial charge in [0.25, 0.3) is 0 Å². The second kappa shape index (κ2) is 4.05. The molecule has 2 heterocycles. The molecule has 2 aliphatic heterocycles. The maximum Gasteiger partial charge on any atom is 0.219 e. The van der Waals surface area contributed by atoms with E-state index in [0.717, 1.165) is 0 Å². The van der Waals surface area contributed by atoms with E-state index in [9.17, 15) is 14.7 Å². The van der Waals surface area contributed by atoms with Crippen molar-refractivity contribution >= 4 is 11.8 Å². The molecule has 16 heavy (non-hydrogen) atoms. The fraction of sp³-hybridized carbons (Fsp3) is 0.818. The number of likely N-dealkylation sites (tertiary alicyclic amines) is 2. The highest BCUT2D eigenvalue weighted by Gasteiger charge is 2.42. The number of carbonyl (C=O) groups excluding carboxylic acids is 2. The van der Waals surface area contributed by atoms with Gasteiger partial charge in [0.2, 0.25) is 11.8 Å². The molecule has 0 aromatic heterocycles. The number of aliphatic hydroxyl groups is 1. The summed E-state index contributed by atoms with van der Waals surface area (Å²) in [6.07, 6.45) is -0.369. The van der Waals surface area contributed by atoms with Crippen LogP contribution >= 0.6 is 0 Å². The minimum absolute atomic E-state index is 0.0142. The van der Waals surface area contributed by atoms with Crippen molar-refractivity contribution in [3.05, 3.63) is 0 Å². The number of amides is 2. The van der Waals surface area contributed by atoms with Crippen molar-refractivity contribution in [1.82, 2.24) is 9.80 Å². The summed E-state index contributed by atoms with van der Waals surface area (Å²) < 4.78 is 0. The Hall–Kier alpha value is -1.10. The van der Waals surface area contributed by atoms with Gasteiger partial charge in [-0.2, -0.15) is 0 Å². The van der Waals surface area contributed by atoms with Gasteiger partial charge in [0.05, 0.1) is 6.10 Å². The van der Waals surface area contributed by atoms with Gasteiger partial charge < -0.3 is 14.9 Å². The molecular formula is C11H18N2O3. The molecule has 2 saturated heterocycles. The van der Waals surface area contributed by atoms with Gasteiger partial charge in [0, 0.05) is 51.9 Å². The van der Waals surface area contributed by atoms with E-state index in [1.54, 1.807) is 23.6 Å². The Balaban J connectivity index is 2.10. The van der Waals surface area contributed by atoms with E-state index in [-0.39, 0.29) is 29.8 Å². The standard InChI is InChI=1S/C11H18N2O3/c1-7(14)12-3-9-5-13(8(2)15)6-10(4-12)11(9)16/h9-11,16H,3-6H2,1-2H3. The zero-order valence-electron chi connectivity index (χ0n) is 9.72. The molecule has 0 aromatic rings. The Labute approximate surface area is 95.0 Å². The molecule has 0 spiro atoms. The highest BCUT2D eigenvalue weighted by atomic mass is 16.3. The summed E-state index contributed by atoms with van der Waals surface area (Å²) in [5, 5.41) is 10.0. The monoisotopic (exact) mass is 226 g/mol. The molecule has 2 aliphatic rings. The maximum absolute atomic E-state index is 11.3. The van der Waals surface area contributed by atoms with E-state index in [0.29, 0.717) is 26.2 Å². The number of carbonyl (C=O) groups is 2. The molecule has 90 valence electrons. The van der Waals surface area contributed by atoms with Gasteiger partial charge in [-0.15, -0.1) is 0 Å². The van der Waals surface area contributed by atoms with Crippen LogP contribution < -0.4 is 0 Å². The predicted octanol–water partition coefficient (Wildman–Crippen LogP) is -0.696. The van der Waals surface area contributed by atoms with Crippen LogP contribution in [-0.2, 0) is 9.59 Å². The summed E-state index contributed by atoms with van der Waals surface area (Å²) in [5.41, 5.74) is 0. The summed E-state index contributed by atoms with van der Waals surface area (Å²) in [5.74, 6) is 0.136. The molecule has 0 saturated carbocycles. The van der Waals surface area contributed by atoms with E-state index in [2.05, 4.69) is 0 Å². The predicted molar refractivity (Wildman–Crippen MR) is 57.5 cm³/mol. The van der Waals surface area contributed by atoms with Crippen LogP contribution in [0.1, 0.15) is 13.8 Å². The van der Waals surface area contributed by atoms with Crippen molar-refractivity contribution in [1.29, 1.82) is 0 Å². The lowest BCUT2D eigenvalue weighted by Crippen LogP contribution is -2.61. The Morgan fingerprint density at radius 3 is 1.50 bits per heavy atom. The lowest BCUT2D eigenvalue weighted by molar-refractivity contribution is -0.147. The first-order chi connectivity index (χ1) is 7.49. The smallest absolute Gasteiger partial charge is 0.219 e. The van der Waals surface area contributed by atoms with Gasteiger partial charge in [0.15, 0.2) is 0 Å². The zero-order valence-corrected chi connectivity index (χ0v) is 9.72. The van der Waals surface area contributed by atoms with Crippen LogP contribution in [0.5, 0.6) is 0 Å². The molecule has 2 rings (SSSR count). The Bertz CT molecular complexity index is 276. The highest BCUT2D eigenvalue weighted by molar-refractivity contribution is 5.74. The van der Waals surface area contributed by atoms with Crippen LogP contribution in [-0.4, -0.2) is 59.0 Å². The van der Waals surface area contributed by atoms with E-state index in [4.69, 9.17) is 0 Å². The summed E-state index contributed by atoms with van der Waals surface area (Å²) in [4.78, 5) is 26.2. The molecule has 0 radical (unpaired) electrons. The molecule has 2 amide bonds. The fourth-order valence-corrected chi connectivity index (χ4v) is 2.73. The zero-order chi connectivity index (χ0) is 11.9. The SMILES string of the molecule is CC(=O)N1CC2CN(C(C)=O)CC(C1)C2O. The van der Waals surface area contributed by atoms with Crippen molar-refractivity contribution in [2.24, 2.45) is 11.8 Å². The van der Waals surface area contributed by atoms with Crippen molar-refractivity contribution in [3.63, 3.8) is 0 Å². The summed E-state index contributed by atoms with van der Waals surface area (Å²) in [6.45, 7) is 5.37. The number of piperidine rings is 2. The number of rotatable bonds is 0. The van der Waals surface area contributed by atoms with Crippen LogP contribution in [0.25, 0.3) is 0 Å². The van der Waals surface area contributed by atoms with Crippen LogP contribution in [0, 0.1) is 11.8 Å². The number of aliphatic hydroxyl groups excluding tert-OH is 1. The third kappa shape index (κ3) is 1.91. The minimum Gasteiger partial charge on any atom is -0.392 e. The van der Waals surface area contributed by atoms with E-state index in [1.807, 2.05) is 0 Å². The van der Waals surface area contributed by atoms with Crippen molar-refractivity contribution in [2.75, 3.05) is 26.2 Å². The first-order valence-electron chi connectivity index (χ1n) is 5.68. The second-order valence-corrected chi connectivity index (χ2v) is 4.86. The molecule has 1 N–H and O–H groups in total. The van der Waals surface area contributed by atoms with E-state index in [1.165, 1.54) is 0 Å². The second-order valence-electron chi connectivity index (χ2n) is 4.86. The van der Waals surface area contributed by atoms with Gasteiger partial charge in [-0.3, -0.25) is 9.59 Å². The largest absolute Gasteiger partial charge is 0.392 e. The molecule has 0 unspecified atom stereocenters. The maximum atomic E-state index is 11.3. The summed E-state index contributed by atoms with van der Waals surface area (Å²) in [6, 6.07) is 0. The average Bonchev–Trinajstić information content (AvgIpc) is 2.15. The third-order valence-electron chi connectivity index (χ3n) is 3.68. The first kappa shape index (κ1) is 11.4. The number of fused-ring (bicyclic) bond motifs is 2. The van der Waals surface area contributed by atoms with E-state index < -0.39 is 0 Å². The number of nitrogens with zero attached hydrogens (tertiary/aromatic N) is 2. The van der Waals surface area contributed by atoms with Crippen LogP contribution in [0.4, 0.5) is 0 Å². The molecule has 0 atom stereocenters. The van der Waals surface area contributed by atoms with Crippen LogP contribution in [0.3, 0.4) is 0 Å².